The van der Waals surface area contributed by atoms with Crippen molar-refractivity contribution in [3.8, 4) is 5.75 Å². The maximum absolute atomic E-state index is 12.2. The van der Waals surface area contributed by atoms with Crippen LogP contribution in [0.3, 0.4) is 0 Å². The molecule has 0 aliphatic rings. The zero-order valence-corrected chi connectivity index (χ0v) is 11.7. The molecule has 1 amide bonds. The Morgan fingerprint density at radius 2 is 1.85 bits per heavy atom. The second-order valence-electron chi connectivity index (χ2n) is 4.76. The SMILES string of the molecule is CCc1ccc(CN(C)C(=O)c2cncc(O)c2)cc1. The van der Waals surface area contributed by atoms with Crippen molar-refractivity contribution >= 4 is 5.91 Å². The van der Waals surface area contributed by atoms with E-state index in [1.165, 1.54) is 24.0 Å². The third-order valence-electron chi connectivity index (χ3n) is 3.17. The van der Waals surface area contributed by atoms with Crippen molar-refractivity contribution in [3.63, 3.8) is 0 Å². The van der Waals surface area contributed by atoms with Gasteiger partial charge in [0.15, 0.2) is 0 Å². The number of aromatic nitrogens is 1. The van der Waals surface area contributed by atoms with E-state index >= 15 is 0 Å². The van der Waals surface area contributed by atoms with E-state index in [-0.39, 0.29) is 11.7 Å². The zero-order valence-electron chi connectivity index (χ0n) is 11.7. The monoisotopic (exact) mass is 270 g/mol. The molecule has 4 heteroatoms. The number of hydrogen-bond acceptors (Lipinski definition) is 3. The highest BCUT2D eigenvalue weighted by atomic mass is 16.3. The van der Waals surface area contributed by atoms with Crippen molar-refractivity contribution in [2.75, 3.05) is 7.05 Å². The third-order valence-corrected chi connectivity index (χ3v) is 3.17. The number of carbonyl (C=O) groups is 1. The summed E-state index contributed by atoms with van der Waals surface area (Å²) in [6.07, 6.45) is 3.77. The number of amides is 1. The van der Waals surface area contributed by atoms with Gasteiger partial charge in [-0.15, -0.1) is 0 Å². The van der Waals surface area contributed by atoms with Gasteiger partial charge < -0.3 is 10.0 Å². The van der Waals surface area contributed by atoms with Gasteiger partial charge in [-0.25, -0.2) is 0 Å². The van der Waals surface area contributed by atoms with Crippen molar-refractivity contribution in [2.24, 2.45) is 0 Å². The van der Waals surface area contributed by atoms with E-state index < -0.39 is 0 Å². The number of aryl methyl sites for hydroxylation is 1. The van der Waals surface area contributed by atoms with Crippen LogP contribution in [0.2, 0.25) is 0 Å². The van der Waals surface area contributed by atoms with Crippen LogP contribution in [0.1, 0.15) is 28.4 Å². The zero-order chi connectivity index (χ0) is 14.5. The Kier molecular flexibility index (Phi) is 4.35. The molecule has 0 bridgehead atoms. The maximum atomic E-state index is 12.2. The van der Waals surface area contributed by atoms with Crippen LogP contribution in [0.15, 0.2) is 42.7 Å². The topological polar surface area (TPSA) is 53.4 Å². The molecule has 0 saturated carbocycles. The maximum Gasteiger partial charge on any atom is 0.255 e. The molecule has 0 saturated heterocycles. The number of rotatable bonds is 4. The Morgan fingerprint density at radius 1 is 1.20 bits per heavy atom. The Bertz CT molecular complexity index is 594. The average molecular weight is 270 g/mol. The molecule has 4 nitrogen and oxygen atoms in total. The van der Waals surface area contributed by atoms with Crippen LogP contribution in [-0.4, -0.2) is 27.9 Å². The number of benzene rings is 1. The molecule has 0 fully saturated rings. The number of pyridine rings is 1. The summed E-state index contributed by atoms with van der Waals surface area (Å²) >= 11 is 0. The molecule has 1 N–H and O–H groups in total. The minimum Gasteiger partial charge on any atom is -0.506 e. The number of hydrogen-bond donors (Lipinski definition) is 1. The Balaban J connectivity index is 2.07. The standard InChI is InChI=1S/C16H18N2O2/c1-3-12-4-6-13(7-5-12)11-18(2)16(20)14-8-15(19)10-17-9-14/h4-10,19H,3,11H2,1-2H3. The molecular weight excluding hydrogens is 252 g/mol. The van der Waals surface area contributed by atoms with Gasteiger partial charge in [0.25, 0.3) is 5.91 Å². The fraction of sp³-hybridized carbons (Fsp3) is 0.250. The van der Waals surface area contributed by atoms with Crippen LogP contribution >= 0.6 is 0 Å². The molecule has 20 heavy (non-hydrogen) atoms. The van der Waals surface area contributed by atoms with Crippen molar-refractivity contribution in [2.45, 2.75) is 19.9 Å². The fourth-order valence-corrected chi connectivity index (χ4v) is 1.99. The van der Waals surface area contributed by atoms with Gasteiger partial charge in [0.2, 0.25) is 0 Å². The van der Waals surface area contributed by atoms with E-state index in [4.69, 9.17) is 0 Å². The van der Waals surface area contributed by atoms with Gasteiger partial charge in [-0.3, -0.25) is 9.78 Å². The van der Waals surface area contributed by atoms with E-state index in [0.29, 0.717) is 12.1 Å². The first-order chi connectivity index (χ1) is 9.60. The van der Waals surface area contributed by atoms with E-state index in [1.54, 1.807) is 11.9 Å². The molecule has 1 heterocycles. The van der Waals surface area contributed by atoms with Crippen molar-refractivity contribution in [1.29, 1.82) is 0 Å². The largest absolute Gasteiger partial charge is 0.506 e. The molecule has 0 aliphatic heterocycles. The van der Waals surface area contributed by atoms with Gasteiger partial charge in [0, 0.05) is 19.8 Å². The molecule has 0 atom stereocenters. The Hall–Kier alpha value is -2.36. The summed E-state index contributed by atoms with van der Waals surface area (Å²) in [5.41, 5.74) is 2.74. The number of aromatic hydroxyl groups is 1. The highest BCUT2D eigenvalue weighted by Gasteiger charge is 2.12. The van der Waals surface area contributed by atoms with E-state index in [9.17, 15) is 9.90 Å². The van der Waals surface area contributed by atoms with Crippen LogP contribution in [0.25, 0.3) is 0 Å². The lowest BCUT2D eigenvalue weighted by Crippen LogP contribution is -2.26. The minimum atomic E-state index is -0.159. The second-order valence-corrected chi connectivity index (χ2v) is 4.76. The van der Waals surface area contributed by atoms with Crippen LogP contribution < -0.4 is 0 Å². The summed E-state index contributed by atoms with van der Waals surface area (Å²) in [4.78, 5) is 17.6. The summed E-state index contributed by atoms with van der Waals surface area (Å²) in [6.45, 7) is 2.64. The van der Waals surface area contributed by atoms with Crippen molar-refractivity contribution < 1.29 is 9.90 Å². The van der Waals surface area contributed by atoms with Crippen LogP contribution in [-0.2, 0) is 13.0 Å². The Morgan fingerprint density at radius 3 is 2.45 bits per heavy atom. The summed E-state index contributed by atoms with van der Waals surface area (Å²) in [5, 5.41) is 9.36. The van der Waals surface area contributed by atoms with E-state index in [2.05, 4.69) is 24.0 Å². The molecule has 0 aliphatic carbocycles. The molecule has 2 rings (SSSR count). The molecule has 1 aromatic heterocycles. The van der Waals surface area contributed by atoms with Gasteiger partial charge in [0.05, 0.1) is 11.8 Å². The number of carbonyl (C=O) groups excluding carboxylic acids is 1. The summed E-state index contributed by atoms with van der Waals surface area (Å²) in [6, 6.07) is 9.63. The summed E-state index contributed by atoms with van der Waals surface area (Å²) < 4.78 is 0. The summed E-state index contributed by atoms with van der Waals surface area (Å²) in [5.74, 6) is -0.162. The van der Waals surface area contributed by atoms with Crippen LogP contribution in [0.4, 0.5) is 0 Å². The van der Waals surface area contributed by atoms with E-state index in [1.807, 2.05) is 12.1 Å². The Labute approximate surface area is 118 Å². The van der Waals surface area contributed by atoms with Gasteiger partial charge in [-0.1, -0.05) is 31.2 Å². The highest BCUT2D eigenvalue weighted by Crippen LogP contribution is 2.13. The first kappa shape index (κ1) is 14.1. The van der Waals surface area contributed by atoms with Crippen LogP contribution in [0, 0.1) is 0 Å². The van der Waals surface area contributed by atoms with Crippen LogP contribution in [0.5, 0.6) is 5.75 Å². The predicted molar refractivity (Wildman–Crippen MR) is 77.5 cm³/mol. The van der Waals surface area contributed by atoms with Gasteiger partial charge in [0.1, 0.15) is 5.75 Å². The molecule has 2 aromatic rings. The van der Waals surface area contributed by atoms with Gasteiger partial charge in [-0.05, 0) is 23.6 Å². The average Bonchev–Trinajstić information content (AvgIpc) is 2.47. The first-order valence-corrected chi connectivity index (χ1v) is 6.57. The van der Waals surface area contributed by atoms with Crippen molar-refractivity contribution in [1.82, 2.24) is 9.88 Å². The fourth-order valence-electron chi connectivity index (χ4n) is 1.99. The summed E-state index contributed by atoms with van der Waals surface area (Å²) in [7, 11) is 1.74. The first-order valence-electron chi connectivity index (χ1n) is 6.57. The molecule has 1 aromatic carbocycles. The molecule has 0 spiro atoms. The lowest BCUT2D eigenvalue weighted by molar-refractivity contribution is 0.0784. The molecular formula is C16H18N2O2. The third kappa shape index (κ3) is 3.35. The molecule has 0 unspecified atom stereocenters. The lowest BCUT2D eigenvalue weighted by atomic mass is 10.1. The minimum absolute atomic E-state index is 0.00320. The second kappa shape index (κ2) is 6.19. The normalized spacial score (nSPS) is 10.3. The van der Waals surface area contributed by atoms with Crippen molar-refractivity contribution in [3.05, 3.63) is 59.4 Å². The van der Waals surface area contributed by atoms with E-state index in [0.717, 1.165) is 12.0 Å². The smallest absolute Gasteiger partial charge is 0.255 e. The van der Waals surface area contributed by atoms with Gasteiger partial charge >= 0.3 is 0 Å². The highest BCUT2D eigenvalue weighted by molar-refractivity contribution is 5.94. The predicted octanol–water partition coefficient (Wildman–Crippen LogP) is 2.62. The van der Waals surface area contributed by atoms with Gasteiger partial charge in [-0.2, -0.15) is 0 Å². The molecule has 104 valence electrons. The number of nitrogens with zero attached hydrogens (tertiary/aromatic N) is 2. The quantitative estimate of drug-likeness (QED) is 0.929. The molecule has 0 radical (unpaired) electrons. The lowest BCUT2D eigenvalue weighted by Gasteiger charge is -2.17.